The fourth-order valence-corrected chi connectivity index (χ4v) is 1.98. The number of aryl methyl sites for hydroxylation is 1. The van der Waals surface area contributed by atoms with Crippen LogP contribution in [0, 0.1) is 18.8 Å². The number of rotatable bonds is 2. The molecule has 1 aromatic rings. The Hall–Kier alpha value is -3.28. The third-order valence-corrected chi connectivity index (χ3v) is 2.97. The summed E-state index contributed by atoms with van der Waals surface area (Å²) in [7, 11) is 0. The first-order valence-electron chi connectivity index (χ1n) is 8.88. The zero-order valence-electron chi connectivity index (χ0n) is 17.7. The van der Waals surface area contributed by atoms with E-state index < -0.39 is 29.5 Å². The highest BCUT2D eigenvalue weighted by Gasteiger charge is 2.30. The van der Waals surface area contributed by atoms with E-state index in [4.69, 9.17) is 9.47 Å². The molecule has 1 aromatic heterocycles. The molecule has 0 aliphatic carbocycles. The minimum Gasteiger partial charge on any atom is -0.464 e. The smallest absolute Gasteiger partial charge is 0.424 e. The zero-order valence-corrected chi connectivity index (χ0v) is 17.7. The number of carboxylic acid groups (broad SMARTS) is 1. The van der Waals surface area contributed by atoms with Gasteiger partial charge in [-0.2, -0.15) is 4.90 Å². The Morgan fingerprint density at radius 1 is 1.14 bits per heavy atom. The second kappa shape index (κ2) is 9.28. The van der Waals surface area contributed by atoms with Crippen LogP contribution in [0.3, 0.4) is 0 Å². The summed E-state index contributed by atoms with van der Waals surface area (Å²) in [6, 6.07) is 1.42. The second-order valence-electron chi connectivity index (χ2n) is 8.10. The van der Waals surface area contributed by atoms with Crippen LogP contribution in [0.2, 0.25) is 0 Å². The third kappa shape index (κ3) is 8.51. The molecule has 1 heterocycles. The van der Waals surface area contributed by atoms with Gasteiger partial charge in [0.2, 0.25) is 0 Å². The predicted octanol–water partition coefficient (Wildman–Crippen LogP) is 3.69. The van der Waals surface area contributed by atoms with Crippen LogP contribution >= 0.6 is 0 Å². The fraction of sp³-hybridized carbons (Fsp3) is 0.500. The van der Waals surface area contributed by atoms with Crippen LogP contribution in [-0.2, 0) is 9.47 Å². The Morgan fingerprint density at radius 3 is 2.24 bits per heavy atom. The van der Waals surface area contributed by atoms with Crippen LogP contribution in [0.1, 0.15) is 52.8 Å². The quantitative estimate of drug-likeness (QED) is 0.721. The van der Waals surface area contributed by atoms with Crippen LogP contribution in [-0.4, -0.2) is 46.1 Å². The van der Waals surface area contributed by atoms with Gasteiger partial charge in [-0.15, -0.1) is 0 Å². The normalized spacial score (nSPS) is 11.0. The molecule has 0 unspecified atom stereocenters. The van der Waals surface area contributed by atoms with Crippen molar-refractivity contribution in [2.45, 2.75) is 59.7 Å². The Bertz CT molecular complexity index is 840. The summed E-state index contributed by atoms with van der Waals surface area (Å²) < 4.78 is 10.3. The van der Waals surface area contributed by atoms with Gasteiger partial charge in [-0.1, -0.05) is 11.8 Å². The molecule has 158 valence electrons. The molecule has 0 radical (unpaired) electrons. The molecule has 2 N–H and O–H groups in total. The number of nitrogens with one attached hydrogen (secondary N) is 1. The Labute approximate surface area is 170 Å². The van der Waals surface area contributed by atoms with Crippen molar-refractivity contribution in [2.75, 3.05) is 11.4 Å². The number of ether oxygens (including phenoxy) is 2. The number of alkyl carbamates (subject to hydrolysis) is 1. The van der Waals surface area contributed by atoms with E-state index in [0.717, 1.165) is 0 Å². The zero-order chi connectivity index (χ0) is 22.4. The molecule has 1 rings (SSSR count). The van der Waals surface area contributed by atoms with Gasteiger partial charge in [0.1, 0.15) is 11.2 Å². The molecule has 29 heavy (non-hydrogen) atoms. The average molecular weight is 405 g/mol. The van der Waals surface area contributed by atoms with Crippen LogP contribution < -0.4 is 10.2 Å². The highest BCUT2D eigenvalue weighted by Crippen LogP contribution is 2.23. The van der Waals surface area contributed by atoms with Crippen LogP contribution in [0.5, 0.6) is 0 Å². The van der Waals surface area contributed by atoms with Gasteiger partial charge in [0.05, 0.1) is 17.8 Å². The standard InChI is InChI=1S/C20H27N3O6/c1-13-11-15(23(17(25)26)18(27)29-20(5,6)7)14(12-22-13)9-8-10-21-16(24)28-19(2,3)4/h11-12H,10H2,1-7H3,(H,21,24)(H,25,26). The Kier molecular flexibility index (Phi) is 7.60. The maximum Gasteiger partial charge on any atom is 0.424 e. The molecule has 9 heteroatoms. The van der Waals surface area contributed by atoms with E-state index in [1.807, 2.05) is 0 Å². The lowest BCUT2D eigenvalue weighted by Gasteiger charge is -2.25. The van der Waals surface area contributed by atoms with Crippen molar-refractivity contribution in [3.05, 3.63) is 23.5 Å². The van der Waals surface area contributed by atoms with Crippen molar-refractivity contribution >= 4 is 24.0 Å². The van der Waals surface area contributed by atoms with Crippen molar-refractivity contribution in [2.24, 2.45) is 0 Å². The molecule has 3 amide bonds. The summed E-state index contributed by atoms with van der Waals surface area (Å²) in [6.45, 7) is 11.7. The molecule has 9 nitrogen and oxygen atoms in total. The number of carbonyl (C=O) groups is 3. The Morgan fingerprint density at radius 2 is 1.72 bits per heavy atom. The number of hydrogen-bond acceptors (Lipinski definition) is 6. The molecule has 0 bridgehead atoms. The van der Waals surface area contributed by atoms with Crippen molar-refractivity contribution < 1.29 is 29.0 Å². The first-order valence-corrected chi connectivity index (χ1v) is 8.88. The van der Waals surface area contributed by atoms with Crippen LogP contribution in [0.25, 0.3) is 0 Å². The molecule has 0 aliphatic rings. The fourth-order valence-electron chi connectivity index (χ4n) is 1.98. The number of aromatic nitrogens is 1. The van der Waals surface area contributed by atoms with Crippen LogP contribution in [0.15, 0.2) is 12.3 Å². The molecule has 0 spiro atoms. The van der Waals surface area contributed by atoms with E-state index in [1.54, 1.807) is 48.5 Å². The average Bonchev–Trinajstić information content (AvgIpc) is 2.49. The van der Waals surface area contributed by atoms with Gasteiger partial charge in [0.25, 0.3) is 0 Å². The third-order valence-electron chi connectivity index (χ3n) is 2.97. The SMILES string of the molecule is Cc1cc(N(C(=O)O)C(=O)OC(C)(C)C)c(C#CCNC(=O)OC(C)(C)C)cn1. The molecule has 0 fully saturated rings. The van der Waals surface area contributed by atoms with Crippen molar-refractivity contribution in [1.29, 1.82) is 0 Å². The summed E-state index contributed by atoms with van der Waals surface area (Å²) >= 11 is 0. The van der Waals surface area contributed by atoms with Crippen molar-refractivity contribution in [1.82, 2.24) is 10.3 Å². The van der Waals surface area contributed by atoms with Gasteiger partial charge in [-0.25, -0.2) is 14.4 Å². The van der Waals surface area contributed by atoms with Gasteiger partial charge in [-0.05, 0) is 54.5 Å². The monoisotopic (exact) mass is 405 g/mol. The summed E-state index contributed by atoms with van der Waals surface area (Å²) in [5, 5.41) is 12.0. The van der Waals surface area contributed by atoms with Crippen molar-refractivity contribution in [3.8, 4) is 11.8 Å². The number of carbonyl (C=O) groups excluding carboxylic acids is 2. The molecular formula is C20H27N3O6. The maximum atomic E-state index is 12.4. The van der Waals surface area contributed by atoms with E-state index in [2.05, 4.69) is 22.1 Å². The van der Waals surface area contributed by atoms with E-state index >= 15 is 0 Å². The number of imide groups is 1. The Balaban J connectivity index is 3.09. The van der Waals surface area contributed by atoms with E-state index in [9.17, 15) is 19.5 Å². The summed E-state index contributed by atoms with van der Waals surface area (Å²) in [5.41, 5.74) is -0.817. The van der Waals surface area contributed by atoms with E-state index in [0.29, 0.717) is 10.6 Å². The van der Waals surface area contributed by atoms with Gasteiger partial charge in [0.15, 0.2) is 0 Å². The number of amides is 3. The number of nitrogens with zero attached hydrogens (tertiary/aromatic N) is 2. The molecule has 0 aromatic carbocycles. The topological polar surface area (TPSA) is 118 Å². The van der Waals surface area contributed by atoms with Gasteiger partial charge in [0, 0.05) is 11.9 Å². The predicted molar refractivity (Wildman–Crippen MR) is 107 cm³/mol. The lowest BCUT2D eigenvalue weighted by atomic mass is 10.2. The van der Waals surface area contributed by atoms with Gasteiger partial charge >= 0.3 is 18.3 Å². The largest absolute Gasteiger partial charge is 0.464 e. The maximum absolute atomic E-state index is 12.4. The molecule has 0 aliphatic heterocycles. The van der Waals surface area contributed by atoms with E-state index in [1.165, 1.54) is 12.3 Å². The molecule has 0 saturated carbocycles. The minimum absolute atomic E-state index is 0.0176. The summed E-state index contributed by atoms with van der Waals surface area (Å²) in [5.74, 6) is 5.40. The summed E-state index contributed by atoms with van der Waals surface area (Å²) in [6.07, 6.45) is -1.84. The molecular weight excluding hydrogens is 378 g/mol. The summed E-state index contributed by atoms with van der Waals surface area (Å²) in [4.78, 5) is 40.3. The molecule has 0 atom stereocenters. The number of anilines is 1. The lowest BCUT2D eigenvalue weighted by Crippen LogP contribution is -2.40. The minimum atomic E-state index is -1.51. The second-order valence-corrected chi connectivity index (χ2v) is 8.10. The van der Waals surface area contributed by atoms with Crippen molar-refractivity contribution in [3.63, 3.8) is 0 Å². The highest BCUT2D eigenvalue weighted by molar-refractivity contribution is 6.09. The highest BCUT2D eigenvalue weighted by atomic mass is 16.6. The number of pyridine rings is 1. The first-order chi connectivity index (χ1) is 13.2. The lowest BCUT2D eigenvalue weighted by molar-refractivity contribution is 0.0532. The number of hydrogen-bond donors (Lipinski definition) is 2. The first kappa shape index (κ1) is 23.8. The van der Waals surface area contributed by atoms with Gasteiger partial charge < -0.3 is 19.9 Å². The van der Waals surface area contributed by atoms with Gasteiger partial charge in [-0.3, -0.25) is 4.98 Å². The molecule has 0 saturated heterocycles. The van der Waals surface area contributed by atoms with E-state index in [-0.39, 0.29) is 17.8 Å². The van der Waals surface area contributed by atoms with Crippen LogP contribution in [0.4, 0.5) is 20.1 Å².